The summed E-state index contributed by atoms with van der Waals surface area (Å²) in [6, 6.07) is 4.56. The molecule has 0 aliphatic rings. The van der Waals surface area contributed by atoms with Gasteiger partial charge in [-0.15, -0.1) is 0 Å². The summed E-state index contributed by atoms with van der Waals surface area (Å²) in [5.74, 6) is -0.425. The van der Waals surface area contributed by atoms with Gasteiger partial charge in [-0.1, -0.05) is 6.07 Å². The van der Waals surface area contributed by atoms with Gasteiger partial charge in [0, 0.05) is 0 Å². The van der Waals surface area contributed by atoms with Gasteiger partial charge in [-0.25, -0.2) is 0 Å². The molecule has 8 heteroatoms. The van der Waals surface area contributed by atoms with Crippen molar-refractivity contribution < 1.29 is 32.5 Å². The molecule has 2 N–H and O–H groups in total. The molecule has 0 bridgehead atoms. The molecule has 0 radical (unpaired) electrons. The smallest absolute Gasteiger partial charge is 0.405 e. The first-order valence-electron chi connectivity index (χ1n) is 5.59. The van der Waals surface area contributed by atoms with Crippen LogP contribution < -0.4 is 14.8 Å². The van der Waals surface area contributed by atoms with Crippen molar-refractivity contribution in [3.8, 4) is 11.5 Å². The van der Waals surface area contributed by atoms with Gasteiger partial charge in [0.2, 0.25) is 0 Å². The molecular weight excluding hydrogens is 279 g/mol. The molecule has 1 aromatic rings. The lowest BCUT2D eigenvalue weighted by atomic mass is 10.2. The zero-order valence-electron chi connectivity index (χ0n) is 10.7. The fourth-order valence-electron chi connectivity index (χ4n) is 1.33. The average molecular weight is 293 g/mol. The van der Waals surface area contributed by atoms with Gasteiger partial charge in [0.1, 0.15) is 6.54 Å². The molecule has 1 amide bonds. The first-order valence-corrected chi connectivity index (χ1v) is 5.59. The summed E-state index contributed by atoms with van der Waals surface area (Å²) in [7, 11) is 1.38. The maximum Gasteiger partial charge on any atom is 0.405 e. The van der Waals surface area contributed by atoms with Crippen molar-refractivity contribution in [1.29, 1.82) is 0 Å². The van der Waals surface area contributed by atoms with Crippen LogP contribution >= 0.6 is 0 Å². The van der Waals surface area contributed by atoms with E-state index in [-0.39, 0.29) is 12.4 Å². The van der Waals surface area contributed by atoms with Crippen LogP contribution in [-0.4, -0.2) is 37.5 Å². The number of rotatable bonds is 6. The number of carbonyl (C=O) groups is 1. The molecule has 0 atom stereocenters. The second-order valence-electron chi connectivity index (χ2n) is 3.82. The molecule has 1 aromatic carbocycles. The molecule has 0 heterocycles. The van der Waals surface area contributed by atoms with E-state index in [9.17, 15) is 18.0 Å². The van der Waals surface area contributed by atoms with Gasteiger partial charge < -0.3 is 19.9 Å². The molecule has 112 valence electrons. The Kier molecular flexibility index (Phi) is 5.63. The van der Waals surface area contributed by atoms with Crippen molar-refractivity contribution in [2.75, 3.05) is 20.3 Å². The van der Waals surface area contributed by atoms with Gasteiger partial charge in [-0.2, -0.15) is 13.2 Å². The van der Waals surface area contributed by atoms with Crippen molar-refractivity contribution in [3.63, 3.8) is 0 Å². The first kappa shape index (κ1) is 16.1. The Bertz CT molecular complexity index is 463. The van der Waals surface area contributed by atoms with E-state index in [0.29, 0.717) is 11.3 Å². The molecule has 0 fully saturated rings. The third-order valence-corrected chi connectivity index (χ3v) is 2.26. The van der Waals surface area contributed by atoms with Crippen molar-refractivity contribution in [1.82, 2.24) is 5.32 Å². The molecule has 0 saturated carbocycles. The topological polar surface area (TPSA) is 67.8 Å². The number of aliphatic hydroxyl groups excluding tert-OH is 1. The van der Waals surface area contributed by atoms with Crippen molar-refractivity contribution >= 4 is 5.91 Å². The number of methoxy groups -OCH3 is 1. The first-order chi connectivity index (χ1) is 9.35. The molecule has 0 aliphatic heterocycles. The summed E-state index contributed by atoms with van der Waals surface area (Å²) in [6.45, 7) is -2.23. The number of aliphatic hydroxyl groups is 1. The maximum atomic E-state index is 11.9. The highest BCUT2D eigenvalue weighted by Gasteiger charge is 2.27. The van der Waals surface area contributed by atoms with Crippen molar-refractivity contribution in [2.24, 2.45) is 0 Å². The second kappa shape index (κ2) is 6.99. The molecule has 20 heavy (non-hydrogen) atoms. The molecule has 5 nitrogen and oxygen atoms in total. The lowest BCUT2D eigenvalue weighted by Gasteiger charge is -2.12. The van der Waals surface area contributed by atoms with Crippen LogP contribution in [0.1, 0.15) is 5.56 Å². The van der Waals surface area contributed by atoms with Gasteiger partial charge in [0.15, 0.2) is 18.1 Å². The normalized spacial score (nSPS) is 11.1. The van der Waals surface area contributed by atoms with Gasteiger partial charge in [-0.3, -0.25) is 4.79 Å². The molecule has 0 unspecified atom stereocenters. The fourth-order valence-corrected chi connectivity index (χ4v) is 1.33. The number of amides is 1. The Hall–Kier alpha value is -1.96. The molecule has 0 saturated heterocycles. The van der Waals surface area contributed by atoms with Crippen molar-refractivity contribution in [2.45, 2.75) is 12.8 Å². The highest BCUT2D eigenvalue weighted by Crippen LogP contribution is 2.28. The van der Waals surface area contributed by atoms with Gasteiger partial charge in [0.25, 0.3) is 5.91 Å². The molecule has 0 spiro atoms. The predicted molar refractivity (Wildman–Crippen MR) is 63.5 cm³/mol. The monoisotopic (exact) mass is 293 g/mol. The number of nitrogens with one attached hydrogen (secondary N) is 1. The van der Waals surface area contributed by atoms with Crippen LogP contribution in [0.15, 0.2) is 18.2 Å². The number of carbonyl (C=O) groups excluding carboxylic acids is 1. The van der Waals surface area contributed by atoms with Crippen LogP contribution in [-0.2, 0) is 11.4 Å². The van der Waals surface area contributed by atoms with E-state index in [2.05, 4.69) is 0 Å². The third kappa shape index (κ3) is 5.35. The van der Waals surface area contributed by atoms with E-state index in [4.69, 9.17) is 14.6 Å². The molecular formula is C12H14F3NO4. The Balaban J connectivity index is 2.58. The van der Waals surface area contributed by atoms with Crippen molar-refractivity contribution in [3.05, 3.63) is 23.8 Å². The molecule has 1 rings (SSSR count). The number of hydrogen-bond donors (Lipinski definition) is 2. The fraction of sp³-hybridized carbons (Fsp3) is 0.417. The minimum absolute atomic E-state index is 0.168. The Morgan fingerprint density at radius 3 is 2.60 bits per heavy atom. The minimum atomic E-state index is -4.47. The highest BCUT2D eigenvalue weighted by molar-refractivity contribution is 5.77. The molecule has 0 aromatic heterocycles. The SMILES string of the molecule is COc1ccc(CO)cc1OCC(=O)NCC(F)(F)F. The second-order valence-corrected chi connectivity index (χ2v) is 3.82. The zero-order valence-corrected chi connectivity index (χ0v) is 10.7. The summed E-state index contributed by atoms with van der Waals surface area (Å²) in [4.78, 5) is 11.2. The number of hydrogen-bond acceptors (Lipinski definition) is 4. The van der Waals surface area contributed by atoms with E-state index in [1.807, 2.05) is 0 Å². The standard InChI is InChI=1S/C12H14F3NO4/c1-19-9-3-2-8(5-17)4-10(9)20-6-11(18)16-7-12(13,14)15/h2-4,17H,5-7H2,1H3,(H,16,18). The third-order valence-electron chi connectivity index (χ3n) is 2.26. The Labute approximate surface area is 113 Å². The number of halogens is 3. The lowest BCUT2D eigenvalue weighted by molar-refractivity contribution is -0.139. The summed E-state index contributed by atoms with van der Waals surface area (Å²) >= 11 is 0. The van der Waals surface area contributed by atoms with E-state index in [1.165, 1.54) is 19.2 Å². The number of ether oxygens (including phenoxy) is 2. The van der Waals surface area contributed by atoms with Crippen LogP contribution in [0.2, 0.25) is 0 Å². The van der Waals surface area contributed by atoms with Gasteiger partial charge in [0.05, 0.1) is 13.7 Å². The van der Waals surface area contributed by atoms with E-state index >= 15 is 0 Å². The summed E-state index contributed by atoms with van der Waals surface area (Å²) < 4.78 is 45.7. The summed E-state index contributed by atoms with van der Waals surface area (Å²) in [5, 5.41) is 10.7. The van der Waals surface area contributed by atoms with Crippen LogP contribution in [0.3, 0.4) is 0 Å². The summed E-state index contributed by atoms with van der Waals surface area (Å²) in [5.41, 5.74) is 0.525. The summed E-state index contributed by atoms with van der Waals surface area (Å²) in [6.07, 6.45) is -4.47. The number of alkyl halides is 3. The van der Waals surface area contributed by atoms with Crippen LogP contribution in [0.4, 0.5) is 13.2 Å². The Morgan fingerprint density at radius 1 is 1.35 bits per heavy atom. The van der Waals surface area contributed by atoms with Crippen LogP contribution in [0, 0.1) is 0 Å². The lowest BCUT2D eigenvalue weighted by Crippen LogP contribution is -2.36. The van der Waals surface area contributed by atoms with Gasteiger partial charge in [-0.05, 0) is 17.7 Å². The quantitative estimate of drug-likeness (QED) is 0.828. The van der Waals surface area contributed by atoms with E-state index in [1.54, 1.807) is 11.4 Å². The average Bonchev–Trinajstić information content (AvgIpc) is 2.41. The van der Waals surface area contributed by atoms with Crippen LogP contribution in [0.25, 0.3) is 0 Å². The van der Waals surface area contributed by atoms with E-state index < -0.39 is 25.2 Å². The predicted octanol–water partition coefficient (Wildman–Crippen LogP) is 1.24. The molecule has 0 aliphatic carbocycles. The zero-order chi connectivity index (χ0) is 15.2. The van der Waals surface area contributed by atoms with E-state index in [0.717, 1.165) is 0 Å². The van der Waals surface area contributed by atoms with Gasteiger partial charge >= 0.3 is 6.18 Å². The Morgan fingerprint density at radius 2 is 2.05 bits per heavy atom. The highest BCUT2D eigenvalue weighted by atomic mass is 19.4. The largest absolute Gasteiger partial charge is 0.493 e. The maximum absolute atomic E-state index is 11.9. The van der Waals surface area contributed by atoms with Crippen LogP contribution in [0.5, 0.6) is 11.5 Å². The minimum Gasteiger partial charge on any atom is -0.493 e. The number of benzene rings is 1.